The van der Waals surface area contributed by atoms with Crippen LogP contribution in [0.15, 0.2) is 116 Å². The number of likely N-dealkylation sites (tertiary alicyclic amines) is 1. The van der Waals surface area contributed by atoms with Crippen molar-refractivity contribution < 1.29 is 42.8 Å². The van der Waals surface area contributed by atoms with Gasteiger partial charge < -0.3 is 44.0 Å². The number of H-pyrrole nitrogens is 1. The number of aromatic amines is 1. The molecule has 0 spiro atoms. The van der Waals surface area contributed by atoms with E-state index in [1.807, 2.05) is 67.6 Å². The fraction of sp³-hybridized carbons (Fsp3) is 0.418. The summed E-state index contributed by atoms with van der Waals surface area (Å²) in [6.07, 6.45) is 7.90. The van der Waals surface area contributed by atoms with Gasteiger partial charge in [0.15, 0.2) is 11.5 Å². The van der Waals surface area contributed by atoms with E-state index in [4.69, 9.17) is 38.4 Å². The van der Waals surface area contributed by atoms with Gasteiger partial charge in [-0.2, -0.15) is 0 Å². The van der Waals surface area contributed by atoms with Gasteiger partial charge in [0.1, 0.15) is 31.3 Å². The van der Waals surface area contributed by atoms with Gasteiger partial charge in [-0.15, -0.1) is 0 Å². The number of methoxy groups -OCH3 is 3. The van der Waals surface area contributed by atoms with Crippen LogP contribution in [-0.4, -0.2) is 103 Å². The molecule has 0 saturated carbocycles. The number of rotatable bonds is 21. The normalized spacial score (nSPS) is 19.5. The number of piperidine rings is 1. The number of imide groups is 1. The molecule has 3 N–H and O–H groups in total. The molecular weight excluding hydrogens is 1060 g/mol. The van der Waals surface area contributed by atoms with Gasteiger partial charge in [-0.1, -0.05) is 57.2 Å². The highest BCUT2D eigenvalue weighted by Gasteiger charge is 2.50. The van der Waals surface area contributed by atoms with Crippen molar-refractivity contribution in [2.75, 3.05) is 59.7 Å². The second kappa shape index (κ2) is 26.2. The van der Waals surface area contributed by atoms with Gasteiger partial charge in [0, 0.05) is 132 Å². The Bertz CT molecular complexity index is 3650. The zero-order chi connectivity index (χ0) is 59.2. The van der Waals surface area contributed by atoms with Gasteiger partial charge in [-0.05, 0) is 112 Å². The zero-order valence-electron chi connectivity index (χ0n) is 49.9. The molecule has 5 aromatic rings. The number of carbonyl (C=O) groups excluding carboxylic acids is 3. The number of ether oxygens (including phenoxy) is 6. The molecule has 5 aliphatic rings. The number of carbonyl (C=O) groups is 3. The van der Waals surface area contributed by atoms with Crippen molar-refractivity contribution in [1.29, 1.82) is 0 Å². The van der Waals surface area contributed by atoms with Crippen LogP contribution in [0.1, 0.15) is 125 Å². The summed E-state index contributed by atoms with van der Waals surface area (Å²) in [5.41, 5.74) is 14.9. The number of fused-ring (bicyclic) bond motifs is 7. The smallest absolute Gasteiger partial charge is 0.305 e. The zero-order valence-corrected chi connectivity index (χ0v) is 49.9. The predicted molar refractivity (Wildman–Crippen MR) is 325 cm³/mol. The van der Waals surface area contributed by atoms with Gasteiger partial charge >= 0.3 is 5.97 Å². The summed E-state index contributed by atoms with van der Waals surface area (Å²) in [6, 6.07) is 19.0. The molecule has 17 heteroatoms. The van der Waals surface area contributed by atoms with Crippen LogP contribution in [0.4, 0.5) is 11.5 Å². The van der Waals surface area contributed by atoms with E-state index in [1.165, 1.54) is 23.9 Å². The van der Waals surface area contributed by atoms with Crippen molar-refractivity contribution in [3.8, 4) is 23.3 Å². The summed E-state index contributed by atoms with van der Waals surface area (Å²) < 4.78 is 34.1. The van der Waals surface area contributed by atoms with Crippen LogP contribution < -0.4 is 20.1 Å². The van der Waals surface area contributed by atoms with Crippen LogP contribution >= 0.6 is 0 Å². The van der Waals surface area contributed by atoms with Gasteiger partial charge in [0.05, 0.1) is 49.8 Å². The summed E-state index contributed by atoms with van der Waals surface area (Å²) in [5.74, 6) is 5.96. The Morgan fingerprint density at radius 3 is 2.31 bits per heavy atom. The van der Waals surface area contributed by atoms with E-state index in [9.17, 15) is 4.79 Å². The Labute approximate surface area is 492 Å². The van der Waals surface area contributed by atoms with Crippen molar-refractivity contribution in [3.63, 3.8) is 0 Å². The quantitative estimate of drug-likeness (QED) is 0.0271. The lowest BCUT2D eigenvalue weighted by atomic mass is 9.80. The second-order valence-corrected chi connectivity index (χ2v) is 22.2. The van der Waals surface area contributed by atoms with E-state index in [1.54, 1.807) is 14.2 Å². The topological polar surface area (TPSA) is 200 Å². The maximum absolute atomic E-state index is 15.6. The third-order valence-corrected chi connectivity index (χ3v) is 16.8. The standard InChI is InChI=1S/C67H76N8O9/c1-11-13-24-82-42(7)60-40(5)52-32-51-39(4)48(22-23-59(76)81-10)63(73-51)62-64-61(41(6)53(74-64)33-55-47(12-2)38(3)50(71-55)34-56(60)72-52)66(77)75(67(62)78)36-45-18-14-16-43(29-45)20-21-44-17-15-19-46(30-44)70-65-49-31-57(83-27-25-79-8)58(84-28-26-80-9)35-54(49)68-37-69-65/h14-19,29-32,35,37,39,42,47-48,61,72-73H,11-13,22-28,33-34,36H2,1-10H3,(H,68,69,70)/t39-,42?,47?,48-,61?/m0/s1. The highest BCUT2D eigenvalue weighted by molar-refractivity contribution is 6.36. The van der Waals surface area contributed by atoms with Crippen molar-refractivity contribution in [2.24, 2.45) is 33.7 Å². The summed E-state index contributed by atoms with van der Waals surface area (Å²) in [6.45, 7) is 17.0. The lowest BCUT2D eigenvalue weighted by Crippen LogP contribution is -2.51. The first-order valence-corrected chi connectivity index (χ1v) is 29.3. The fourth-order valence-electron chi connectivity index (χ4n) is 12.2. The molecule has 10 rings (SSSR count). The Balaban J connectivity index is 0.984. The number of esters is 1. The van der Waals surface area contributed by atoms with Crippen molar-refractivity contribution in [1.82, 2.24) is 25.2 Å². The van der Waals surface area contributed by atoms with Crippen LogP contribution in [0.5, 0.6) is 11.5 Å². The SMILES string of the molecule is CCCCOC(C)c1c2[nH]c(c1C)C=C1NC(=C3C(=O)N(Cc4cccc(C#Cc5cccc(Nc6ncnc7cc(OCCOC)c(OCCOC)cc67)c5)c4)C(=O)C4C3=NC(=C4C)CC3=NC(=C(C)C3CC)C2)[C@@H](CCC(=O)OC)[C@@H]1C. The van der Waals surface area contributed by atoms with E-state index in [0.29, 0.717) is 97.7 Å². The third kappa shape index (κ3) is 12.2. The molecule has 2 fully saturated rings. The molecule has 3 unspecified atom stereocenters. The molecule has 2 amide bonds. The molecule has 0 aliphatic carbocycles. The Kier molecular flexibility index (Phi) is 18.4. The van der Waals surface area contributed by atoms with Crippen molar-refractivity contribution >= 4 is 57.7 Å². The van der Waals surface area contributed by atoms with Gasteiger partial charge in [0.25, 0.3) is 5.91 Å². The van der Waals surface area contributed by atoms with Crippen molar-refractivity contribution in [3.05, 3.63) is 146 Å². The lowest BCUT2D eigenvalue weighted by molar-refractivity contribution is -0.145. The van der Waals surface area contributed by atoms with E-state index < -0.39 is 11.8 Å². The minimum Gasteiger partial charge on any atom is -0.487 e. The molecule has 0 radical (unpaired) electrons. The molecule has 438 valence electrons. The largest absolute Gasteiger partial charge is 0.487 e. The molecule has 2 saturated heterocycles. The van der Waals surface area contributed by atoms with E-state index in [2.05, 4.69) is 85.0 Å². The first-order chi connectivity index (χ1) is 40.7. The highest BCUT2D eigenvalue weighted by atomic mass is 16.5. The first-order valence-electron chi connectivity index (χ1n) is 29.3. The minimum atomic E-state index is -0.805. The lowest BCUT2D eigenvalue weighted by Gasteiger charge is -2.33. The van der Waals surface area contributed by atoms with Gasteiger partial charge in [-0.25, -0.2) is 9.97 Å². The number of anilines is 2. The summed E-state index contributed by atoms with van der Waals surface area (Å²) in [5, 5.41) is 7.93. The summed E-state index contributed by atoms with van der Waals surface area (Å²) >= 11 is 0. The molecule has 84 heavy (non-hydrogen) atoms. The maximum atomic E-state index is 15.6. The van der Waals surface area contributed by atoms with Crippen LogP contribution in [0, 0.1) is 42.4 Å². The Hall–Kier alpha value is -8.17. The number of nitrogens with zero attached hydrogens (tertiary/aromatic N) is 5. The second-order valence-electron chi connectivity index (χ2n) is 22.2. The van der Waals surface area contributed by atoms with E-state index in [-0.39, 0.29) is 48.7 Å². The number of nitrogens with one attached hydrogen (secondary N) is 3. The molecule has 8 bridgehead atoms. The van der Waals surface area contributed by atoms with Crippen LogP contribution in [-0.2, 0) is 46.3 Å². The van der Waals surface area contributed by atoms with Gasteiger partial charge in [-0.3, -0.25) is 29.3 Å². The maximum Gasteiger partial charge on any atom is 0.305 e. The summed E-state index contributed by atoms with van der Waals surface area (Å²) in [4.78, 5) is 68.8. The van der Waals surface area contributed by atoms with Crippen LogP contribution in [0.2, 0.25) is 0 Å². The molecule has 2 aromatic heterocycles. The molecule has 7 heterocycles. The number of amides is 2. The number of allylic oxidation sites excluding steroid dienone is 5. The highest BCUT2D eigenvalue weighted by Crippen LogP contribution is 2.46. The molecule has 17 nitrogen and oxygen atoms in total. The molecule has 3 aromatic carbocycles. The average molecular weight is 1140 g/mol. The predicted octanol–water partition coefficient (Wildman–Crippen LogP) is 11.4. The summed E-state index contributed by atoms with van der Waals surface area (Å²) in [7, 11) is 4.63. The Morgan fingerprint density at radius 2 is 1.58 bits per heavy atom. The van der Waals surface area contributed by atoms with Crippen molar-refractivity contribution in [2.45, 2.75) is 106 Å². The fourth-order valence-corrected chi connectivity index (χ4v) is 12.2. The van der Waals surface area contributed by atoms with E-state index >= 15 is 9.59 Å². The minimum absolute atomic E-state index is 0.00350. The van der Waals surface area contributed by atoms with E-state index in [0.717, 1.165) is 92.4 Å². The molecule has 5 aliphatic heterocycles. The number of aliphatic imine (C=N–C) groups is 2. The average Bonchev–Trinajstić information content (AvgIpc) is 3.69. The third-order valence-electron chi connectivity index (χ3n) is 16.8. The number of hydrogen-bond donors (Lipinski definition) is 3. The van der Waals surface area contributed by atoms with Crippen LogP contribution in [0.3, 0.4) is 0 Å². The monoisotopic (exact) mass is 1140 g/mol. The Morgan fingerprint density at radius 1 is 0.857 bits per heavy atom. The number of benzene rings is 3. The number of unbranched alkanes of at least 4 members (excludes halogenated alkanes) is 1. The number of hydrogen-bond acceptors (Lipinski definition) is 15. The molecular formula is C67H76N8O9. The van der Waals surface area contributed by atoms with Gasteiger partial charge in [0.2, 0.25) is 5.91 Å². The first kappa shape index (κ1) is 59.0. The van der Waals surface area contributed by atoms with Crippen LogP contribution in [0.25, 0.3) is 17.0 Å². The number of aromatic nitrogens is 3. The molecule has 5 atom stereocenters.